The summed E-state index contributed by atoms with van der Waals surface area (Å²) in [7, 11) is 0. The van der Waals surface area contributed by atoms with E-state index in [0.29, 0.717) is 0 Å². The second kappa shape index (κ2) is 8.70. The molecule has 0 heterocycles. The van der Waals surface area contributed by atoms with Crippen LogP contribution >= 0.6 is 0 Å². The van der Waals surface area contributed by atoms with E-state index >= 15 is 0 Å². The van der Waals surface area contributed by atoms with Crippen LogP contribution in [0.5, 0.6) is 0 Å². The number of rotatable bonds is 4. The summed E-state index contributed by atoms with van der Waals surface area (Å²) in [4.78, 5) is 3.52. The maximum absolute atomic E-state index is 3.52. The van der Waals surface area contributed by atoms with Crippen molar-refractivity contribution < 1.29 is 17.4 Å². The molecule has 3 heteroatoms. The maximum atomic E-state index is 3.52. The standard InChI is InChI=1S/C21H26N2.ClH/c1-14-9-7-10-15(2)20(14)22-18(5)13-19(6)23-21-16(3)11-8-12-17(21)4;/h7-13,22H,1-6H3;1H/b18-13+,23-19?;. The van der Waals surface area contributed by atoms with Crippen LogP contribution in [0, 0.1) is 27.7 Å². The van der Waals surface area contributed by atoms with E-state index in [4.69, 9.17) is 0 Å². The summed E-state index contributed by atoms with van der Waals surface area (Å²) >= 11 is 0. The van der Waals surface area contributed by atoms with Gasteiger partial charge in [-0.15, -0.1) is 0 Å². The smallest absolute Gasteiger partial charge is 0.209 e. The van der Waals surface area contributed by atoms with E-state index < -0.39 is 0 Å². The summed E-state index contributed by atoms with van der Waals surface area (Å²) in [6.07, 6.45) is 2.15. The van der Waals surface area contributed by atoms with Crippen molar-refractivity contribution in [2.24, 2.45) is 0 Å². The Hall–Kier alpha value is -2.06. The van der Waals surface area contributed by atoms with Crippen LogP contribution in [0.3, 0.4) is 0 Å². The summed E-state index contributed by atoms with van der Waals surface area (Å²) in [5, 5.41) is 3.52. The Morgan fingerprint density at radius 2 is 1.29 bits per heavy atom. The monoisotopic (exact) mass is 342 g/mol. The van der Waals surface area contributed by atoms with E-state index in [2.05, 4.69) is 94.3 Å². The number of halogens is 1. The Balaban J connectivity index is 0.00000288. The number of hydrogen-bond acceptors (Lipinski definition) is 1. The van der Waals surface area contributed by atoms with Crippen molar-refractivity contribution in [2.45, 2.75) is 41.5 Å². The topological polar surface area (TPSA) is 26.0 Å². The summed E-state index contributed by atoms with van der Waals surface area (Å²) in [6, 6.07) is 12.7. The van der Waals surface area contributed by atoms with Crippen molar-refractivity contribution >= 4 is 17.1 Å². The van der Waals surface area contributed by atoms with E-state index in [0.717, 1.165) is 11.4 Å². The molecule has 0 saturated carbocycles. The van der Waals surface area contributed by atoms with Crippen LogP contribution in [-0.4, -0.2) is 5.71 Å². The molecule has 0 unspecified atom stereocenters. The summed E-state index contributed by atoms with van der Waals surface area (Å²) in [6.45, 7) is 12.7. The molecule has 0 aliphatic heterocycles. The highest BCUT2D eigenvalue weighted by atomic mass is 35.5. The minimum Gasteiger partial charge on any atom is -1.00 e. The van der Waals surface area contributed by atoms with Crippen LogP contribution in [0.15, 0.2) is 48.2 Å². The van der Waals surface area contributed by atoms with Crippen molar-refractivity contribution in [1.82, 2.24) is 0 Å². The molecule has 2 aromatic rings. The maximum Gasteiger partial charge on any atom is 0.209 e. The van der Waals surface area contributed by atoms with Crippen LogP contribution in [0.25, 0.3) is 0 Å². The molecule has 24 heavy (non-hydrogen) atoms. The molecule has 0 spiro atoms. The summed E-state index contributed by atoms with van der Waals surface area (Å²) in [5.74, 6) is 0. The van der Waals surface area contributed by atoms with Crippen molar-refractivity contribution in [3.8, 4) is 0 Å². The lowest BCUT2D eigenvalue weighted by molar-refractivity contribution is -0.354. The number of hydrogen-bond donors (Lipinski definition) is 2. The lowest BCUT2D eigenvalue weighted by Gasteiger charge is -2.12. The molecule has 0 aliphatic rings. The third kappa shape index (κ3) is 4.97. The van der Waals surface area contributed by atoms with Gasteiger partial charge in [0.2, 0.25) is 5.69 Å². The second-order valence-corrected chi connectivity index (χ2v) is 6.29. The zero-order chi connectivity index (χ0) is 17.0. The number of para-hydroxylation sites is 2. The average molecular weight is 343 g/mol. The summed E-state index contributed by atoms with van der Waals surface area (Å²) in [5.41, 5.74) is 9.69. The largest absolute Gasteiger partial charge is 1.00 e. The first kappa shape index (κ1) is 20.0. The predicted octanol–water partition coefficient (Wildman–Crippen LogP) is 1.11. The van der Waals surface area contributed by atoms with Gasteiger partial charge in [-0.25, -0.2) is 4.99 Å². The number of anilines is 1. The van der Waals surface area contributed by atoms with Crippen LogP contribution in [-0.2, 0) is 0 Å². The quantitative estimate of drug-likeness (QED) is 0.800. The molecule has 0 fully saturated rings. The molecule has 0 saturated heterocycles. The first-order valence-corrected chi connectivity index (χ1v) is 8.07. The second-order valence-electron chi connectivity index (χ2n) is 6.29. The Kier molecular flexibility index (Phi) is 7.24. The fraction of sp³-hybridized carbons (Fsp3) is 0.286. The molecule has 0 atom stereocenters. The lowest BCUT2D eigenvalue weighted by atomic mass is 10.1. The zero-order valence-corrected chi connectivity index (χ0v) is 16.2. The Bertz CT molecular complexity index is 733. The van der Waals surface area contributed by atoms with Crippen LogP contribution in [0.4, 0.5) is 11.4 Å². The average Bonchev–Trinajstić information content (AvgIpc) is 2.47. The van der Waals surface area contributed by atoms with E-state index in [9.17, 15) is 0 Å². The third-order valence-corrected chi connectivity index (χ3v) is 4.04. The highest BCUT2D eigenvalue weighted by molar-refractivity contribution is 5.89. The SMILES string of the molecule is CC(/C=C(\C)Nc1c(C)cccc1C)=[NH+]c1c(C)cccc1C.[Cl-]. The fourth-order valence-electron chi connectivity index (χ4n) is 2.81. The van der Waals surface area contributed by atoms with Gasteiger partial charge in [0.1, 0.15) is 0 Å². The van der Waals surface area contributed by atoms with Crippen molar-refractivity contribution in [3.05, 3.63) is 70.4 Å². The third-order valence-electron chi connectivity index (χ3n) is 4.04. The van der Waals surface area contributed by atoms with Gasteiger partial charge in [0.25, 0.3) is 0 Å². The van der Waals surface area contributed by atoms with Gasteiger partial charge in [0, 0.05) is 35.5 Å². The minimum absolute atomic E-state index is 0. The first-order valence-electron chi connectivity index (χ1n) is 8.07. The molecule has 2 N–H and O–H groups in total. The molecule has 0 amide bonds. The van der Waals surface area contributed by atoms with Gasteiger partial charge in [0.15, 0.2) is 5.71 Å². The van der Waals surface area contributed by atoms with Gasteiger partial charge < -0.3 is 17.7 Å². The number of benzene rings is 2. The Labute approximate surface area is 152 Å². The van der Waals surface area contributed by atoms with Crippen molar-refractivity contribution in [2.75, 3.05) is 5.32 Å². The molecule has 0 aromatic heterocycles. The molecule has 2 rings (SSSR count). The van der Waals surface area contributed by atoms with Gasteiger partial charge in [-0.3, -0.25) is 0 Å². The fourth-order valence-corrected chi connectivity index (χ4v) is 2.81. The normalized spacial score (nSPS) is 11.9. The predicted molar refractivity (Wildman–Crippen MR) is 101 cm³/mol. The summed E-state index contributed by atoms with van der Waals surface area (Å²) < 4.78 is 0. The Morgan fingerprint density at radius 3 is 1.79 bits per heavy atom. The molecule has 0 bridgehead atoms. The van der Waals surface area contributed by atoms with E-state index in [-0.39, 0.29) is 12.4 Å². The van der Waals surface area contributed by atoms with Crippen LogP contribution in [0.2, 0.25) is 0 Å². The van der Waals surface area contributed by atoms with E-state index in [1.165, 1.54) is 33.6 Å². The number of nitrogens with one attached hydrogen (secondary N) is 2. The van der Waals surface area contributed by atoms with Gasteiger partial charge in [0.05, 0.1) is 0 Å². The lowest BCUT2D eigenvalue weighted by Crippen LogP contribution is -3.00. The molecule has 2 aromatic carbocycles. The Morgan fingerprint density at radius 1 is 0.833 bits per heavy atom. The van der Waals surface area contributed by atoms with Crippen molar-refractivity contribution in [1.29, 1.82) is 0 Å². The van der Waals surface area contributed by atoms with Gasteiger partial charge in [-0.05, 0) is 45.7 Å². The van der Waals surface area contributed by atoms with Gasteiger partial charge >= 0.3 is 0 Å². The highest BCUT2D eigenvalue weighted by Crippen LogP contribution is 2.21. The minimum atomic E-state index is 0. The molecular formula is C21H27ClN2. The molecular weight excluding hydrogens is 316 g/mol. The van der Waals surface area contributed by atoms with Crippen molar-refractivity contribution in [3.63, 3.8) is 0 Å². The first-order chi connectivity index (χ1) is 10.9. The highest BCUT2D eigenvalue weighted by Gasteiger charge is 2.08. The van der Waals surface area contributed by atoms with E-state index in [1.54, 1.807) is 0 Å². The molecule has 2 nitrogen and oxygen atoms in total. The van der Waals surface area contributed by atoms with E-state index in [1.807, 2.05) is 0 Å². The van der Waals surface area contributed by atoms with Gasteiger partial charge in [-0.2, -0.15) is 0 Å². The van der Waals surface area contributed by atoms with Crippen LogP contribution in [0.1, 0.15) is 36.1 Å². The molecule has 0 radical (unpaired) electrons. The number of aryl methyl sites for hydroxylation is 4. The van der Waals surface area contributed by atoms with Crippen LogP contribution < -0.4 is 22.7 Å². The molecule has 128 valence electrons. The van der Waals surface area contributed by atoms with Gasteiger partial charge in [-0.1, -0.05) is 36.4 Å². The number of allylic oxidation sites excluding steroid dienone is 2. The zero-order valence-electron chi connectivity index (χ0n) is 15.4. The molecule has 0 aliphatic carbocycles.